The van der Waals surface area contributed by atoms with Crippen molar-refractivity contribution in [3.05, 3.63) is 52.9 Å². The molecule has 9 nitrogen and oxygen atoms in total. The first-order valence-electron chi connectivity index (χ1n) is 12.8. The Morgan fingerprint density at radius 2 is 2.11 bits per heavy atom. The largest absolute Gasteiger partial charge is 0.493 e. The Morgan fingerprint density at radius 1 is 1.26 bits per heavy atom. The van der Waals surface area contributed by atoms with Gasteiger partial charge in [-0.1, -0.05) is 17.7 Å². The van der Waals surface area contributed by atoms with Crippen LogP contribution in [0.5, 0.6) is 11.5 Å². The second-order valence-corrected chi connectivity index (χ2v) is 11.1. The minimum atomic E-state index is -0.305. The Morgan fingerprint density at radius 3 is 2.84 bits per heavy atom. The number of halogens is 1. The average molecular weight is 539 g/mol. The molecule has 3 N–H and O–H groups in total. The molecule has 1 saturated carbocycles. The van der Waals surface area contributed by atoms with Crippen LogP contribution in [0, 0.1) is 0 Å². The van der Waals surface area contributed by atoms with E-state index in [1.54, 1.807) is 25.6 Å². The van der Waals surface area contributed by atoms with Gasteiger partial charge in [0.25, 0.3) is 5.91 Å². The number of pyridine rings is 1. The zero-order valence-corrected chi connectivity index (χ0v) is 22.4. The van der Waals surface area contributed by atoms with Crippen LogP contribution < -0.4 is 20.1 Å². The molecular formula is C28H31ClN4O5. The normalized spacial score (nSPS) is 20.9. The highest BCUT2D eigenvalue weighted by molar-refractivity contribution is 6.32. The fourth-order valence-corrected chi connectivity index (χ4v) is 5.36. The number of carbonyl (C=O) groups excluding carboxylic acids is 1. The molecule has 38 heavy (non-hydrogen) atoms. The van der Waals surface area contributed by atoms with Crippen molar-refractivity contribution < 1.29 is 23.7 Å². The first-order valence-corrected chi connectivity index (χ1v) is 13.1. The molecule has 4 heterocycles. The Bertz CT molecular complexity index is 1370. The quantitative estimate of drug-likeness (QED) is 0.395. The topological polar surface area (TPSA) is 107 Å². The maximum atomic E-state index is 13.2. The number of H-pyrrole nitrogens is 1. The third kappa shape index (κ3) is 4.48. The Balaban J connectivity index is 1.40. The number of ether oxygens (including phenoxy) is 4. The van der Waals surface area contributed by atoms with E-state index >= 15 is 0 Å². The van der Waals surface area contributed by atoms with Crippen molar-refractivity contribution in [3.63, 3.8) is 0 Å². The van der Waals surface area contributed by atoms with Gasteiger partial charge in [-0.15, -0.1) is 0 Å². The van der Waals surface area contributed by atoms with Crippen molar-refractivity contribution in [1.82, 2.24) is 15.3 Å². The molecule has 6 rings (SSSR count). The van der Waals surface area contributed by atoms with E-state index in [4.69, 9.17) is 30.5 Å². The summed E-state index contributed by atoms with van der Waals surface area (Å²) in [7, 11) is 1.57. The number of anilines is 2. The van der Waals surface area contributed by atoms with E-state index in [9.17, 15) is 4.79 Å². The van der Waals surface area contributed by atoms with E-state index in [1.807, 2.05) is 32.0 Å². The highest BCUT2D eigenvalue weighted by atomic mass is 35.5. The van der Waals surface area contributed by atoms with Gasteiger partial charge in [-0.3, -0.25) is 9.78 Å². The average Bonchev–Trinajstić information content (AvgIpc) is 3.58. The minimum absolute atomic E-state index is 0.0789. The Labute approximate surface area is 226 Å². The van der Waals surface area contributed by atoms with E-state index in [0.717, 1.165) is 29.8 Å². The number of hydrogen-bond acceptors (Lipinski definition) is 7. The maximum absolute atomic E-state index is 13.2. The zero-order chi connectivity index (χ0) is 26.5. The molecule has 0 unspecified atom stereocenters. The van der Waals surface area contributed by atoms with Gasteiger partial charge in [-0.05, 0) is 44.9 Å². The molecule has 10 heteroatoms. The first-order chi connectivity index (χ1) is 18.3. The summed E-state index contributed by atoms with van der Waals surface area (Å²) in [6.45, 7) is 5.88. The molecule has 0 radical (unpaired) electrons. The summed E-state index contributed by atoms with van der Waals surface area (Å²) in [5.41, 5.74) is 3.95. The van der Waals surface area contributed by atoms with Crippen LogP contribution in [0.25, 0.3) is 11.3 Å². The molecule has 2 aliphatic heterocycles. The van der Waals surface area contributed by atoms with Gasteiger partial charge in [-0.2, -0.15) is 0 Å². The lowest BCUT2D eigenvalue weighted by atomic mass is 9.93. The lowest BCUT2D eigenvalue weighted by molar-refractivity contribution is -0.181. The van der Waals surface area contributed by atoms with E-state index in [0.29, 0.717) is 59.8 Å². The lowest BCUT2D eigenvalue weighted by Crippen LogP contribution is -2.44. The number of fused-ring (bicyclic) bond motifs is 2. The number of carbonyl (C=O) groups is 1. The number of aromatic nitrogens is 2. The van der Waals surface area contributed by atoms with Crippen LogP contribution >= 0.6 is 11.6 Å². The maximum Gasteiger partial charge on any atom is 0.255 e. The van der Waals surface area contributed by atoms with Crippen LogP contribution in [0.1, 0.15) is 42.7 Å². The molecule has 200 valence electrons. The predicted octanol–water partition coefficient (Wildman–Crippen LogP) is 4.83. The number of nitrogens with one attached hydrogen (secondary N) is 3. The highest BCUT2D eigenvalue weighted by Gasteiger charge is 2.51. The molecule has 2 aromatic heterocycles. The summed E-state index contributed by atoms with van der Waals surface area (Å²) in [5.74, 6) is 0.942. The van der Waals surface area contributed by atoms with Crippen molar-refractivity contribution in [2.75, 3.05) is 38.8 Å². The summed E-state index contributed by atoms with van der Waals surface area (Å²) in [4.78, 5) is 21.1. The monoisotopic (exact) mass is 538 g/mol. The summed E-state index contributed by atoms with van der Waals surface area (Å²) in [6.07, 6.45) is 5.22. The number of amides is 1. The van der Waals surface area contributed by atoms with Crippen molar-refractivity contribution in [2.24, 2.45) is 0 Å². The van der Waals surface area contributed by atoms with E-state index in [-0.39, 0.29) is 23.0 Å². The van der Waals surface area contributed by atoms with Gasteiger partial charge in [0, 0.05) is 29.4 Å². The number of aromatic amines is 1. The second kappa shape index (κ2) is 9.48. The SMILES string of the molecule is COc1c(Cl)cccc1Nc1c(-c2ccncc2OC[C@H]2COC(C)(C)CO2)[nH]c2c1C(=O)NCC21CC1. The molecule has 3 aromatic rings. The molecule has 1 amide bonds. The van der Waals surface area contributed by atoms with E-state index in [1.165, 1.54) is 0 Å². The van der Waals surface area contributed by atoms with Crippen molar-refractivity contribution >= 4 is 28.9 Å². The van der Waals surface area contributed by atoms with Gasteiger partial charge in [0.05, 0.1) is 59.8 Å². The smallest absolute Gasteiger partial charge is 0.255 e. The highest BCUT2D eigenvalue weighted by Crippen LogP contribution is 2.54. The molecule has 1 spiro atoms. The Kier molecular flexibility index (Phi) is 6.25. The fourth-order valence-electron chi connectivity index (χ4n) is 5.11. The molecule has 0 bridgehead atoms. The van der Waals surface area contributed by atoms with Crippen LogP contribution in [0.4, 0.5) is 11.4 Å². The van der Waals surface area contributed by atoms with E-state index < -0.39 is 0 Å². The number of para-hydroxylation sites is 1. The standard InChI is InChI=1S/C28H31ClN4O5/c1-27(2)15-37-16(13-38-27)12-36-20-11-30-10-7-17(20)22-23(32-19-6-4-5-18(29)24(19)35-3)21-25(33-22)28(8-9-28)14-31-26(21)34/h4-7,10-11,16,32-33H,8-9,12-15H2,1-3H3,(H,31,34)/t16-/m0/s1. The lowest BCUT2D eigenvalue weighted by Gasteiger charge is -2.34. The third-order valence-electron chi connectivity index (χ3n) is 7.43. The van der Waals surface area contributed by atoms with Gasteiger partial charge >= 0.3 is 0 Å². The van der Waals surface area contributed by atoms with Gasteiger partial charge in [0.1, 0.15) is 18.5 Å². The number of hydrogen-bond donors (Lipinski definition) is 3. The zero-order valence-electron chi connectivity index (χ0n) is 21.7. The molecule has 1 saturated heterocycles. The van der Waals surface area contributed by atoms with Crippen molar-refractivity contribution in [2.45, 2.75) is 43.8 Å². The van der Waals surface area contributed by atoms with Crippen molar-refractivity contribution in [1.29, 1.82) is 0 Å². The number of benzene rings is 1. The Hall–Kier alpha value is -3.27. The van der Waals surface area contributed by atoms with Gasteiger partial charge in [0.15, 0.2) is 5.75 Å². The van der Waals surface area contributed by atoms with Crippen LogP contribution in [0.15, 0.2) is 36.7 Å². The summed E-state index contributed by atoms with van der Waals surface area (Å²) < 4.78 is 23.6. The van der Waals surface area contributed by atoms with Crippen LogP contribution in [-0.4, -0.2) is 61.1 Å². The molecular weight excluding hydrogens is 508 g/mol. The minimum Gasteiger partial charge on any atom is -0.493 e. The van der Waals surface area contributed by atoms with Crippen LogP contribution in [0.3, 0.4) is 0 Å². The van der Waals surface area contributed by atoms with Gasteiger partial charge in [0.2, 0.25) is 0 Å². The van der Waals surface area contributed by atoms with Gasteiger partial charge in [-0.25, -0.2) is 0 Å². The second-order valence-electron chi connectivity index (χ2n) is 10.7. The first kappa shape index (κ1) is 25.0. The predicted molar refractivity (Wildman–Crippen MR) is 144 cm³/mol. The summed E-state index contributed by atoms with van der Waals surface area (Å²) in [5, 5.41) is 7.01. The third-order valence-corrected chi connectivity index (χ3v) is 7.73. The van der Waals surface area contributed by atoms with Gasteiger partial charge < -0.3 is 34.6 Å². The number of rotatable bonds is 7. The van der Waals surface area contributed by atoms with E-state index in [2.05, 4.69) is 20.6 Å². The van der Waals surface area contributed by atoms with Crippen LogP contribution in [-0.2, 0) is 14.9 Å². The molecule has 1 aliphatic carbocycles. The number of nitrogens with zero attached hydrogens (tertiary/aromatic N) is 1. The molecule has 3 aliphatic rings. The summed E-state index contributed by atoms with van der Waals surface area (Å²) >= 11 is 6.41. The molecule has 1 aromatic carbocycles. The number of methoxy groups -OCH3 is 1. The molecule has 1 atom stereocenters. The van der Waals surface area contributed by atoms with Crippen LogP contribution in [0.2, 0.25) is 5.02 Å². The fraction of sp³-hybridized carbons (Fsp3) is 0.429. The summed E-state index contributed by atoms with van der Waals surface area (Å²) in [6, 6.07) is 7.35. The van der Waals surface area contributed by atoms with Crippen molar-refractivity contribution in [3.8, 4) is 22.8 Å². The molecule has 2 fully saturated rings.